The van der Waals surface area contributed by atoms with Gasteiger partial charge in [0.15, 0.2) is 0 Å². The van der Waals surface area contributed by atoms with E-state index < -0.39 is 6.10 Å². The third-order valence-corrected chi connectivity index (χ3v) is 2.36. The van der Waals surface area contributed by atoms with Gasteiger partial charge in [0, 0.05) is 19.2 Å². The molecule has 1 aromatic rings. The Hall–Kier alpha value is -1.75. The topological polar surface area (TPSA) is 81.0 Å². The fourth-order valence-electron chi connectivity index (χ4n) is 1.49. The van der Waals surface area contributed by atoms with Crippen molar-refractivity contribution in [2.24, 2.45) is 0 Å². The second kappa shape index (κ2) is 3.43. The molecule has 3 N–H and O–H groups in total. The van der Waals surface area contributed by atoms with Crippen LogP contribution in [0.25, 0.3) is 0 Å². The maximum Gasteiger partial charge on any atom is 0.257 e. The first-order valence-electron chi connectivity index (χ1n) is 4.57. The summed E-state index contributed by atoms with van der Waals surface area (Å²) >= 11 is 0. The van der Waals surface area contributed by atoms with Gasteiger partial charge < -0.3 is 20.2 Å². The van der Waals surface area contributed by atoms with Crippen LogP contribution < -0.4 is 0 Å². The highest BCUT2D eigenvalue weighted by atomic mass is 16.3. The van der Waals surface area contributed by atoms with E-state index in [-0.39, 0.29) is 23.0 Å². The molecule has 80 valence electrons. The molecule has 0 unspecified atom stereocenters. The molecule has 5 heteroatoms. The first-order valence-corrected chi connectivity index (χ1v) is 4.57. The molecule has 0 saturated carbocycles. The number of phenolic OH excluding ortho intramolecular Hbond substituents is 2. The van der Waals surface area contributed by atoms with E-state index in [0.29, 0.717) is 13.1 Å². The minimum Gasteiger partial charge on any atom is -0.508 e. The Balaban J connectivity index is 2.19. The lowest BCUT2D eigenvalue weighted by atomic mass is 10.1. The van der Waals surface area contributed by atoms with Crippen LogP contribution in [0.5, 0.6) is 11.5 Å². The predicted molar refractivity (Wildman–Crippen MR) is 51.7 cm³/mol. The molecule has 0 aliphatic carbocycles. The highest BCUT2D eigenvalue weighted by Gasteiger charge is 2.30. The average Bonchev–Trinajstić information content (AvgIpc) is 2.12. The largest absolute Gasteiger partial charge is 0.508 e. The monoisotopic (exact) mass is 209 g/mol. The van der Waals surface area contributed by atoms with Crippen molar-refractivity contribution in [3.05, 3.63) is 23.8 Å². The van der Waals surface area contributed by atoms with Crippen LogP contribution in [-0.2, 0) is 0 Å². The molecule has 1 heterocycles. The van der Waals surface area contributed by atoms with Crippen molar-refractivity contribution < 1.29 is 20.1 Å². The first-order chi connectivity index (χ1) is 7.08. The average molecular weight is 209 g/mol. The van der Waals surface area contributed by atoms with Crippen molar-refractivity contribution in [3.63, 3.8) is 0 Å². The van der Waals surface area contributed by atoms with E-state index in [4.69, 9.17) is 10.2 Å². The standard InChI is InChI=1S/C10H11NO4/c12-6-1-2-8(9(14)3-6)10(15)11-4-7(13)5-11/h1-3,7,12-14H,4-5H2. The number of likely N-dealkylation sites (tertiary alicyclic amines) is 1. The van der Waals surface area contributed by atoms with Crippen molar-refractivity contribution in [2.45, 2.75) is 6.10 Å². The zero-order valence-electron chi connectivity index (χ0n) is 7.92. The van der Waals surface area contributed by atoms with Gasteiger partial charge in [0.25, 0.3) is 5.91 Å². The number of nitrogens with zero attached hydrogens (tertiary/aromatic N) is 1. The van der Waals surface area contributed by atoms with Gasteiger partial charge in [0.1, 0.15) is 11.5 Å². The Morgan fingerprint density at radius 1 is 1.33 bits per heavy atom. The Kier molecular flexibility index (Phi) is 2.24. The summed E-state index contributed by atoms with van der Waals surface area (Å²) in [6.07, 6.45) is -0.465. The molecule has 1 aliphatic heterocycles. The molecule has 15 heavy (non-hydrogen) atoms. The summed E-state index contributed by atoms with van der Waals surface area (Å²) < 4.78 is 0. The molecule has 1 aromatic carbocycles. The molecule has 0 aromatic heterocycles. The van der Waals surface area contributed by atoms with Crippen LogP contribution in [0.3, 0.4) is 0 Å². The van der Waals surface area contributed by atoms with Crippen LogP contribution in [0.15, 0.2) is 18.2 Å². The Morgan fingerprint density at radius 2 is 2.00 bits per heavy atom. The summed E-state index contributed by atoms with van der Waals surface area (Å²) in [4.78, 5) is 13.1. The Morgan fingerprint density at radius 3 is 2.53 bits per heavy atom. The molecule has 1 amide bonds. The molecule has 1 aliphatic rings. The van der Waals surface area contributed by atoms with Gasteiger partial charge in [-0.1, -0.05) is 0 Å². The Labute approximate surface area is 86.2 Å². The van der Waals surface area contributed by atoms with Crippen LogP contribution in [0.1, 0.15) is 10.4 Å². The molecular formula is C10H11NO4. The molecule has 1 fully saturated rings. The highest BCUT2D eigenvalue weighted by molar-refractivity contribution is 5.97. The number of β-amino-alcohol motifs (C(OH)–C–C–N with tert-alkyl or cyclic N) is 1. The lowest BCUT2D eigenvalue weighted by molar-refractivity contribution is 0.00570. The first kappa shape index (κ1) is 9.79. The van der Waals surface area contributed by atoms with E-state index in [1.807, 2.05) is 0 Å². The maximum atomic E-state index is 11.7. The third kappa shape index (κ3) is 1.73. The summed E-state index contributed by atoms with van der Waals surface area (Å²) in [7, 11) is 0. The minimum absolute atomic E-state index is 0.0901. The molecule has 0 bridgehead atoms. The van der Waals surface area contributed by atoms with E-state index in [0.717, 1.165) is 6.07 Å². The number of carbonyl (C=O) groups is 1. The van der Waals surface area contributed by atoms with Crippen molar-refractivity contribution in [1.82, 2.24) is 4.90 Å². The van der Waals surface area contributed by atoms with Crippen molar-refractivity contribution in [3.8, 4) is 11.5 Å². The van der Waals surface area contributed by atoms with Crippen molar-refractivity contribution in [1.29, 1.82) is 0 Å². The summed E-state index contributed by atoms with van der Waals surface area (Å²) in [6, 6.07) is 3.81. The summed E-state index contributed by atoms with van der Waals surface area (Å²) in [5, 5.41) is 27.5. The summed E-state index contributed by atoms with van der Waals surface area (Å²) in [5.74, 6) is -0.674. The molecule has 2 rings (SSSR count). The van der Waals surface area contributed by atoms with Crippen molar-refractivity contribution in [2.75, 3.05) is 13.1 Å². The molecule has 1 saturated heterocycles. The van der Waals surface area contributed by atoms with E-state index in [1.54, 1.807) is 0 Å². The predicted octanol–water partition coefficient (Wildman–Crippen LogP) is -0.0855. The molecule has 0 spiro atoms. The lowest BCUT2D eigenvalue weighted by Crippen LogP contribution is -2.53. The smallest absolute Gasteiger partial charge is 0.257 e. The number of hydrogen-bond donors (Lipinski definition) is 3. The molecule has 0 atom stereocenters. The van der Waals surface area contributed by atoms with E-state index in [1.165, 1.54) is 17.0 Å². The molecule has 5 nitrogen and oxygen atoms in total. The zero-order chi connectivity index (χ0) is 11.0. The number of phenols is 2. The van der Waals surface area contributed by atoms with E-state index in [9.17, 15) is 9.90 Å². The van der Waals surface area contributed by atoms with Gasteiger partial charge in [-0.15, -0.1) is 0 Å². The fourth-order valence-corrected chi connectivity index (χ4v) is 1.49. The lowest BCUT2D eigenvalue weighted by Gasteiger charge is -2.35. The van der Waals surface area contributed by atoms with Crippen LogP contribution in [0.4, 0.5) is 0 Å². The van der Waals surface area contributed by atoms with Crippen LogP contribution in [0, 0.1) is 0 Å². The number of carbonyl (C=O) groups excluding carboxylic acids is 1. The van der Waals surface area contributed by atoms with Crippen LogP contribution >= 0.6 is 0 Å². The number of aliphatic hydroxyl groups is 1. The number of benzene rings is 1. The Bertz CT molecular complexity index is 398. The quantitative estimate of drug-likeness (QED) is 0.604. The van der Waals surface area contributed by atoms with Crippen molar-refractivity contribution >= 4 is 5.91 Å². The maximum absolute atomic E-state index is 11.7. The number of hydrogen-bond acceptors (Lipinski definition) is 4. The summed E-state index contributed by atoms with van der Waals surface area (Å²) in [6.45, 7) is 0.582. The zero-order valence-corrected chi connectivity index (χ0v) is 7.92. The number of aromatic hydroxyl groups is 2. The minimum atomic E-state index is -0.465. The number of aliphatic hydroxyl groups excluding tert-OH is 1. The molecular weight excluding hydrogens is 198 g/mol. The molecule has 0 radical (unpaired) electrons. The highest BCUT2D eigenvalue weighted by Crippen LogP contribution is 2.25. The SMILES string of the molecule is O=C(c1ccc(O)cc1O)N1CC(O)C1. The van der Waals surface area contributed by atoms with Gasteiger partial charge in [-0.3, -0.25) is 4.79 Å². The van der Waals surface area contributed by atoms with Gasteiger partial charge in [0.05, 0.1) is 11.7 Å². The normalized spacial score (nSPS) is 16.2. The van der Waals surface area contributed by atoms with Crippen LogP contribution in [0.2, 0.25) is 0 Å². The second-order valence-electron chi connectivity index (χ2n) is 3.57. The number of amides is 1. The third-order valence-electron chi connectivity index (χ3n) is 2.36. The van der Waals surface area contributed by atoms with Gasteiger partial charge in [0.2, 0.25) is 0 Å². The number of rotatable bonds is 1. The fraction of sp³-hybridized carbons (Fsp3) is 0.300. The summed E-state index contributed by atoms with van der Waals surface area (Å²) in [5.41, 5.74) is 0.139. The van der Waals surface area contributed by atoms with E-state index >= 15 is 0 Å². The van der Waals surface area contributed by atoms with E-state index in [2.05, 4.69) is 0 Å². The van der Waals surface area contributed by atoms with Crippen LogP contribution in [-0.4, -0.2) is 45.3 Å². The van der Waals surface area contributed by atoms with Gasteiger partial charge in [-0.2, -0.15) is 0 Å². The van der Waals surface area contributed by atoms with Gasteiger partial charge in [-0.25, -0.2) is 0 Å². The van der Waals surface area contributed by atoms with Gasteiger partial charge in [-0.05, 0) is 12.1 Å². The second-order valence-corrected chi connectivity index (χ2v) is 3.57. The van der Waals surface area contributed by atoms with Gasteiger partial charge >= 0.3 is 0 Å².